The lowest BCUT2D eigenvalue weighted by atomic mass is 10.1. The first kappa shape index (κ1) is 17.4. The minimum atomic E-state index is -0.371. The molecule has 0 aliphatic heterocycles. The summed E-state index contributed by atoms with van der Waals surface area (Å²) in [5, 5.41) is 2.77. The number of hydrogen-bond acceptors (Lipinski definition) is 2. The van der Waals surface area contributed by atoms with Gasteiger partial charge in [-0.05, 0) is 35.4 Å². The molecule has 0 aliphatic carbocycles. The van der Waals surface area contributed by atoms with Crippen molar-refractivity contribution in [3.8, 4) is 0 Å². The number of nitrogens with one attached hydrogen (secondary N) is 1. The van der Waals surface area contributed by atoms with E-state index in [-0.39, 0.29) is 11.7 Å². The molecular formula is C18H17BrFNO2. The monoisotopic (exact) mass is 377 g/mol. The molecule has 23 heavy (non-hydrogen) atoms. The van der Waals surface area contributed by atoms with Crippen LogP contribution in [0.3, 0.4) is 0 Å². The van der Waals surface area contributed by atoms with Crippen LogP contribution in [-0.2, 0) is 22.7 Å². The molecule has 0 saturated heterocycles. The second-order valence-electron chi connectivity index (χ2n) is 4.97. The number of carbonyl (C=O) groups excluding carboxylic acids is 1. The fourth-order valence-corrected chi connectivity index (χ4v) is 2.43. The summed E-state index contributed by atoms with van der Waals surface area (Å²) in [4.78, 5) is 11.8. The van der Waals surface area contributed by atoms with Crippen LogP contribution in [0.2, 0.25) is 0 Å². The topological polar surface area (TPSA) is 38.3 Å². The minimum Gasteiger partial charge on any atom is -0.380 e. The summed E-state index contributed by atoms with van der Waals surface area (Å²) in [5.41, 5.74) is 2.39. The second-order valence-corrected chi connectivity index (χ2v) is 5.89. The van der Waals surface area contributed by atoms with Crippen molar-refractivity contribution in [2.45, 2.75) is 13.2 Å². The Kier molecular flexibility index (Phi) is 6.50. The Morgan fingerprint density at radius 1 is 1.26 bits per heavy atom. The summed E-state index contributed by atoms with van der Waals surface area (Å²) in [6.45, 7) is 0.936. The van der Waals surface area contributed by atoms with Crippen LogP contribution in [0.5, 0.6) is 0 Å². The number of ether oxygens (including phenoxy) is 1. The first-order chi connectivity index (χ1) is 11.1. The number of hydrogen-bond donors (Lipinski definition) is 1. The first-order valence-electron chi connectivity index (χ1n) is 7.06. The molecule has 2 rings (SSSR count). The van der Waals surface area contributed by atoms with Crippen LogP contribution in [-0.4, -0.2) is 13.0 Å². The second kappa shape index (κ2) is 8.60. The molecule has 0 fully saturated rings. The zero-order valence-corrected chi connectivity index (χ0v) is 14.3. The maximum absolute atomic E-state index is 13.6. The van der Waals surface area contributed by atoms with Crippen LogP contribution in [0.1, 0.15) is 16.7 Å². The molecule has 0 atom stereocenters. The van der Waals surface area contributed by atoms with E-state index in [1.165, 1.54) is 18.2 Å². The average Bonchev–Trinajstić information content (AvgIpc) is 2.54. The lowest BCUT2D eigenvalue weighted by Gasteiger charge is -2.05. The van der Waals surface area contributed by atoms with E-state index >= 15 is 0 Å². The van der Waals surface area contributed by atoms with E-state index in [1.54, 1.807) is 19.2 Å². The van der Waals surface area contributed by atoms with Gasteiger partial charge in [0.15, 0.2) is 0 Å². The average molecular weight is 378 g/mol. The third-order valence-corrected chi connectivity index (χ3v) is 3.63. The molecule has 0 bridgehead atoms. The van der Waals surface area contributed by atoms with Crippen LogP contribution in [0.25, 0.3) is 6.08 Å². The molecule has 0 saturated carbocycles. The first-order valence-corrected chi connectivity index (χ1v) is 7.85. The van der Waals surface area contributed by atoms with E-state index in [9.17, 15) is 9.18 Å². The maximum Gasteiger partial charge on any atom is 0.244 e. The van der Waals surface area contributed by atoms with Gasteiger partial charge in [-0.1, -0.05) is 40.2 Å². The molecule has 3 nitrogen and oxygen atoms in total. The largest absolute Gasteiger partial charge is 0.380 e. The van der Waals surface area contributed by atoms with E-state index < -0.39 is 0 Å². The Morgan fingerprint density at radius 2 is 2.04 bits per heavy atom. The van der Waals surface area contributed by atoms with E-state index in [0.29, 0.717) is 18.7 Å². The highest BCUT2D eigenvalue weighted by Gasteiger charge is 2.02. The van der Waals surface area contributed by atoms with E-state index in [1.807, 2.05) is 24.3 Å². The van der Waals surface area contributed by atoms with Crippen molar-refractivity contribution in [1.29, 1.82) is 0 Å². The molecule has 1 N–H and O–H groups in total. The standard InChI is InChI=1S/C18H17BrFNO2/c1-23-12-14-4-2-3-13(9-14)11-21-18(22)8-5-15-10-16(19)6-7-17(15)20/h2-10H,11-12H2,1H3,(H,21,22)/b8-5+. The molecule has 0 heterocycles. The molecule has 0 unspecified atom stereocenters. The molecule has 2 aromatic carbocycles. The van der Waals surface area contributed by atoms with Crippen LogP contribution < -0.4 is 5.32 Å². The number of halogens is 2. The molecular weight excluding hydrogens is 361 g/mol. The van der Waals surface area contributed by atoms with Crippen molar-refractivity contribution in [2.24, 2.45) is 0 Å². The summed E-state index contributed by atoms with van der Waals surface area (Å²) in [7, 11) is 1.64. The summed E-state index contributed by atoms with van der Waals surface area (Å²) >= 11 is 3.27. The summed E-state index contributed by atoms with van der Waals surface area (Å²) in [6, 6.07) is 12.4. The molecule has 5 heteroatoms. The third kappa shape index (κ3) is 5.62. The van der Waals surface area contributed by atoms with Gasteiger partial charge in [0.1, 0.15) is 5.82 Å². The van der Waals surface area contributed by atoms with Gasteiger partial charge in [0.25, 0.3) is 0 Å². The van der Waals surface area contributed by atoms with Crippen LogP contribution >= 0.6 is 15.9 Å². The molecule has 2 aromatic rings. The lowest BCUT2D eigenvalue weighted by Crippen LogP contribution is -2.20. The zero-order valence-electron chi connectivity index (χ0n) is 12.7. The molecule has 0 aliphatic rings. The van der Waals surface area contributed by atoms with Gasteiger partial charge in [-0.3, -0.25) is 4.79 Å². The van der Waals surface area contributed by atoms with Crippen LogP contribution in [0.4, 0.5) is 4.39 Å². The molecule has 0 radical (unpaired) electrons. The highest BCUT2D eigenvalue weighted by molar-refractivity contribution is 9.10. The Morgan fingerprint density at radius 3 is 2.83 bits per heavy atom. The minimum absolute atomic E-state index is 0.276. The highest BCUT2D eigenvalue weighted by Crippen LogP contribution is 2.16. The van der Waals surface area contributed by atoms with Crippen molar-refractivity contribution in [3.05, 3.63) is 75.5 Å². The Balaban J connectivity index is 1.93. The Hall–Kier alpha value is -1.98. The van der Waals surface area contributed by atoms with Gasteiger partial charge in [-0.15, -0.1) is 0 Å². The number of rotatable bonds is 6. The van der Waals surface area contributed by atoms with Gasteiger partial charge in [0.2, 0.25) is 5.91 Å². The van der Waals surface area contributed by atoms with Crippen LogP contribution in [0, 0.1) is 5.82 Å². The van der Waals surface area contributed by atoms with Crippen molar-refractivity contribution >= 4 is 27.9 Å². The Labute approximate surface area is 143 Å². The predicted molar refractivity (Wildman–Crippen MR) is 92.1 cm³/mol. The summed E-state index contributed by atoms with van der Waals surface area (Å²) in [5.74, 6) is -0.647. The number of amides is 1. The van der Waals surface area contributed by atoms with Crippen molar-refractivity contribution in [1.82, 2.24) is 5.32 Å². The van der Waals surface area contributed by atoms with E-state index in [4.69, 9.17) is 4.74 Å². The number of carbonyl (C=O) groups is 1. The lowest BCUT2D eigenvalue weighted by molar-refractivity contribution is -0.116. The smallest absolute Gasteiger partial charge is 0.244 e. The molecule has 0 aromatic heterocycles. The fourth-order valence-electron chi connectivity index (χ4n) is 2.05. The summed E-state index contributed by atoms with van der Waals surface area (Å²) < 4.78 is 19.4. The third-order valence-electron chi connectivity index (χ3n) is 3.14. The maximum atomic E-state index is 13.6. The molecule has 0 spiro atoms. The van der Waals surface area contributed by atoms with E-state index in [2.05, 4.69) is 21.2 Å². The number of methoxy groups -OCH3 is 1. The summed E-state index contributed by atoms with van der Waals surface area (Å²) in [6.07, 6.45) is 2.78. The SMILES string of the molecule is COCc1cccc(CNC(=O)/C=C/c2cc(Br)ccc2F)c1. The normalized spacial score (nSPS) is 10.9. The highest BCUT2D eigenvalue weighted by atomic mass is 79.9. The van der Waals surface area contributed by atoms with Gasteiger partial charge in [0, 0.05) is 29.8 Å². The van der Waals surface area contributed by atoms with Crippen molar-refractivity contribution < 1.29 is 13.9 Å². The Bertz CT molecular complexity index is 716. The number of benzene rings is 2. The van der Waals surface area contributed by atoms with Gasteiger partial charge in [0.05, 0.1) is 6.61 Å². The van der Waals surface area contributed by atoms with Crippen molar-refractivity contribution in [3.63, 3.8) is 0 Å². The predicted octanol–water partition coefficient (Wildman–Crippen LogP) is 4.06. The van der Waals surface area contributed by atoms with Gasteiger partial charge in [-0.2, -0.15) is 0 Å². The van der Waals surface area contributed by atoms with Gasteiger partial charge < -0.3 is 10.1 Å². The van der Waals surface area contributed by atoms with Crippen molar-refractivity contribution in [2.75, 3.05) is 7.11 Å². The molecule has 120 valence electrons. The van der Waals surface area contributed by atoms with Gasteiger partial charge in [-0.25, -0.2) is 4.39 Å². The fraction of sp³-hybridized carbons (Fsp3) is 0.167. The molecule has 1 amide bonds. The zero-order chi connectivity index (χ0) is 16.7. The van der Waals surface area contributed by atoms with Crippen LogP contribution in [0.15, 0.2) is 53.0 Å². The van der Waals surface area contributed by atoms with E-state index in [0.717, 1.165) is 15.6 Å². The quantitative estimate of drug-likeness (QED) is 0.770. The van der Waals surface area contributed by atoms with Gasteiger partial charge >= 0.3 is 0 Å².